The summed E-state index contributed by atoms with van der Waals surface area (Å²) in [4.78, 5) is 11.7. The van der Waals surface area contributed by atoms with Crippen LogP contribution in [0.1, 0.15) is 23.2 Å². The minimum Gasteiger partial charge on any atom is -0.488 e. The summed E-state index contributed by atoms with van der Waals surface area (Å²) in [6.45, 7) is 1.29. The number of hydrogen-bond acceptors (Lipinski definition) is 5. The summed E-state index contributed by atoms with van der Waals surface area (Å²) < 4.78 is 15.8. The largest absolute Gasteiger partial charge is 0.488 e. The van der Waals surface area contributed by atoms with Crippen molar-refractivity contribution in [2.24, 2.45) is 0 Å². The fraction of sp³-hybridized carbons (Fsp3) is 0.462. The SMILES string of the molecule is COC(=O)c1cc(N)cc(Cl)c1OC1CCOCC1. The van der Waals surface area contributed by atoms with Gasteiger partial charge in [-0.25, -0.2) is 4.79 Å². The van der Waals surface area contributed by atoms with Crippen LogP contribution in [0.5, 0.6) is 5.75 Å². The van der Waals surface area contributed by atoms with Crippen LogP contribution >= 0.6 is 11.6 Å². The standard InChI is InChI=1S/C13H16ClNO4/c1-17-13(16)10-6-8(15)7-11(14)12(10)19-9-2-4-18-5-3-9/h6-7,9H,2-5,15H2,1H3. The van der Waals surface area contributed by atoms with Gasteiger partial charge in [-0.2, -0.15) is 0 Å². The van der Waals surface area contributed by atoms with Gasteiger partial charge < -0.3 is 19.9 Å². The Balaban J connectivity index is 2.28. The van der Waals surface area contributed by atoms with E-state index in [9.17, 15) is 4.79 Å². The van der Waals surface area contributed by atoms with Crippen molar-refractivity contribution in [3.8, 4) is 5.75 Å². The molecule has 5 nitrogen and oxygen atoms in total. The molecule has 6 heteroatoms. The van der Waals surface area contributed by atoms with Crippen molar-refractivity contribution in [3.05, 3.63) is 22.7 Å². The minimum atomic E-state index is -0.517. The lowest BCUT2D eigenvalue weighted by Crippen LogP contribution is -2.26. The first kappa shape index (κ1) is 14.0. The summed E-state index contributed by atoms with van der Waals surface area (Å²) in [6.07, 6.45) is 1.51. The van der Waals surface area contributed by atoms with E-state index in [0.717, 1.165) is 12.8 Å². The zero-order valence-corrected chi connectivity index (χ0v) is 11.4. The lowest BCUT2D eigenvalue weighted by molar-refractivity contribution is 0.0246. The first-order valence-corrected chi connectivity index (χ1v) is 6.41. The van der Waals surface area contributed by atoms with Crippen LogP contribution in [0.25, 0.3) is 0 Å². The summed E-state index contributed by atoms with van der Waals surface area (Å²) in [5, 5.41) is 0.312. The second-order valence-electron chi connectivity index (χ2n) is 4.30. The Morgan fingerprint density at radius 3 is 2.74 bits per heavy atom. The summed E-state index contributed by atoms with van der Waals surface area (Å²) in [5.74, 6) is -0.189. The van der Waals surface area contributed by atoms with Gasteiger partial charge in [-0.05, 0) is 12.1 Å². The van der Waals surface area contributed by atoms with Crippen LogP contribution in [0.2, 0.25) is 5.02 Å². The molecule has 1 aromatic rings. The summed E-state index contributed by atoms with van der Waals surface area (Å²) >= 11 is 6.11. The molecule has 1 saturated heterocycles. The van der Waals surface area contributed by atoms with E-state index in [0.29, 0.717) is 29.7 Å². The maximum atomic E-state index is 11.7. The zero-order chi connectivity index (χ0) is 13.8. The van der Waals surface area contributed by atoms with Gasteiger partial charge in [0.2, 0.25) is 0 Å². The molecule has 1 fully saturated rings. The topological polar surface area (TPSA) is 70.8 Å². The predicted octanol–water partition coefficient (Wildman–Crippen LogP) is 2.27. The van der Waals surface area contributed by atoms with Crippen molar-refractivity contribution in [2.45, 2.75) is 18.9 Å². The Morgan fingerprint density at radius 2 is 2.11 bits per heavy atom. The highest BCUT2D eigenvalue weighted by atomic mass is 35.5. The smallest absolute Gasteiger partial charge is 0.341 e. The first-order chi connectivity index (χ1) is 9.11. The molecule has 0 radical (unpaired) electrons. The maximum absolute atomic E-state index is 11.7. The Bertz CT molecular complexity index is 472. The number of carbonyl (C=O) groups excluding carboxylic acids is 1. The number of hydrogen-bond donors (Lipinski definition) is 1. The first-order valence-electron chi connectivity index (χ1n) is 6.03. The fourth-order valence-electron chi connectivity index (χ4n) is 1.96. The van der Waals surface area contributed by atoms with E-state index in [4.69, 9.17) is 31.5 Å². The average Bonchev–Trinajstić information content (AvgIpc) is 2.42. The van der Waals surface area contributed by atoms with Gasteiger partial charge in [0, 0.05) is 18.5 Å². The molecule has 0 amide bonds. The lowest BCUT2D eigenvalue weighted by atomic mass is 10.1. The molecule has 0 saturated carbocycles. The second kappa shape index (κ2) is 6.12. The normalized spacial score (nSPS) is 16.1. The molecule has 1 heterocycles. The molecule has 104 valence electrons. The third-order valence-electron chi connectivity index (χ3n) is 2.92. The molecule has 0 bridgehead atoms. The number of nitrogens with two attached hydrogens (primary N) is 1. The number of esters is 1. The molecule has 0 atom stereocenters. The van der Waals surface area contributed by atoms with E-state index in [2.05, 4.69) is 0 Å². The predicted molar refractivity (Wildman–Crippen MR) is 71.7 cm³/mol. The van der Waals surface area contributed by atoms with Gasteiger partial charge in [-0.15, -0.1) is 0 Å². The van der Waals surface area contributed by atoms with E-state index in [-0.39, 0.29) is 11.7 Å². The molecular weight excluding hydrogens is 270 g/mol. The van der Waals surface area contributed by atoms with Crippen molar-refractivity contribution in [3.63, 3.8) is 0 Å². The molecule has 0 aliphatic carbocycles. The van der Waals surface area contributed by atoms with E-state index < -0.39 is 5.97 Å². The third kappa shape index (κ3) is 3.30. The third-order valence-corrected chi connectivity index (χ3v) is 3.20. The molecule has 2 rings (SSSR count). The number of halogens is 1. The zero-order valence-electron chi connectivity index (χ0n) is 10.6. The van der Waals surface area contributed by atoms with Crippen molar-refractivity contribution >= 4 is 23.3 Å². The van der Waals surface area contributed by atoms with Crippen molar-refractivity contribution in [2.75, 3.05) is 26.1 Å². The molecule has 0 spiro atoms. The Labute approximate surface area is 116 Å². The molecule has 1 aliphatic rings. The number of methoxy groups -OCH3 is 1. The number of rotatable bonds is 3. The average molecular weight is 286 g/mol. The molecule has 1 aromatic carbocycles. The van der Waals surface area contributed by atoms with Crippen LogP contribution < -0.4 is 10.5 Å². The highest BCUT2D eigenvalue weighted by Crippen LogP contribution is 2.34. The number of carbonyl (C=O) groups is 1. The number of nitrogen functional groups attached to an aromatic ring is 1. The number of anilines is 1. The molecule has 0 aromatic heterocycles. The van der Waals surface area contributed by atoms with Gasteiger partial charge in [0.05, 0.1) is 25.3 Å². The van der Waals surface area contributed by atoms with Crippen molar-refractivity contribution < 1.29 is 19.0 Å². The lowest BCUT2D eigenvalue weighted by Gasteiger charge is -2.24. The van der Waals surface area contributed by atoms with Crippen molar-refractivity contribution in [1.82, 2.24) is 0 Å². The van der Waals surface area contributed by atoms with E-state index in [1.54, 1.807) is 6.07 Å². The van der Waals surface area contributed by atoms with Crippen LogP contribution in [0.15, 0.2) is 12.1 Å². The van der Waals surface area contributed by atoms with Gasteiger partial charge >= 0.3 is 5.97 Å². The van der Waals surface area contributed by atoms with Crippen LogP contribution in [0.3, 0.4) is 0 Å². The second-order valence-corrected chi connectivity index (χ2v) is 4.71. The monoisotopic (exact) mass is 285 g/mol. The van der Waals surface area contributed by atoms with Gasteiger partial charge in [-0.1, -0.05) is 11.6 Å². The Hall–Kier alpha value is -1.46. The minimum absolute atomic E-state index is 0.0155. The summed E-state index contributed by atoms with van der Waals surface area (Å²) in [5.41, 5.74) is 6.33. The highest BCUT2D eigenvalue weighted by Gasteiger charge is 2.22. The van der Waals surface area contributed by atoms with Crippen LogP contribution in [0.4, 0.5) is 5.69 Å². The molecular formula is C13H16ClNO4. The van der Waals surface area contributed by atoms with Gasteiger partial charge in [0.15, 0.2) is 5.75 Å². The fourth-order valence-corrected chi connectivity index (χ4v) is 2.23. The van der Waals surface area contributed by atoms with Crippen LogP contribution in [0, 0.1) is 0 Å². The van der Waals surface area contributed by atoms with Gasteiger partial charge in [0.1, 0.15) is 11.7 Å². The molecule has 0 unspecified atom stereocenters. The van der Waals surface area contributed by atoms with Crippen LogP contribution in [-0.2, 0) is 9.47 Å². The summed E-state index contributed by atoms with van der Waals surface area (Å²) in [6, 6.07) is 3.06. The number of benzene rings is 1. The van der Waals surface area contributed by atoms with E-state index in [1.165, 1.54) is 13.2 Å². The molecule has 19 heavy (non-hydrogen) atoms. The Morgan fingerprint density at radius 1 is 1.42 bits per heavy atom. The van der Waals surface area contributed by atoms with E-state index in [1.807, 2.05) is 0 Å². The molecule has 1 aliphatic heterocycles. The Kier molecular flexibility index (Phi) is 4.50. The summed E-state index contributed by atoms with van der Waals surface area (Å²) in [7, 11) is 1.30. The molecule has 2 N–H and O–H groups in total. The van der Waals surface area contributed by atoms with Crippen molar-refractivity contribution in [1.29, 1.82) is 0 Å². The van der Waals surface area contributed by atoms with Gasteiger partial charge in [0.25, 0.3) is 0 Å². The quantitative estimate of drug-likeness (QED) is 0.681. The van der Waals surface area contributed by atoms with E-state index >= 15 is 0 Å². The van der Waals surface area contributed by atoms with Crippen LogP contribution in [-0.4, -0.2) is 32.4 Å². The highest BCUT2D eigenvalue weighted by molar-refractivity contribution is 6.33. The van der Waals surface area contributed by atoms with Gasteiger partial charge in [-0.3, -0.25) is 0 Å². The maximum Gasteiger partial charge on any atom is 0.341 e. The number of ether oxygens (including phenoxy) is 3.